The Morgan fingerprint density at radius 1 is 1.20 bits per heavy atom. The maximum absolute atomic E-state index is 13.0. The molecule has 0 aromatic carbocycles. The predicted octanol–water partition coefficient (Wildman–Crippen LogP) is 2.61. The van der Waals surface area contributed by atoms with Gasteiger partial charge in [-0.25, -0.2) is 0 Å². The van der Waals surface area contributed by atoms with Gasteiger partial charge >= 0.3 is 6.18 Å². The molecule has 2 N–H and O–H groups in total. The van der Waals surface area contributed by atoms with Crippen LogP contribution < -0.4 is 10.6 Å². The minimum absolute atomic E-state index is 0.132. The molecule has 2 unspecified atom stereocenters. The lowest BCUT2D eigenvalue weighted by Gasteiger charge is -2.38. The van der Waals surface area contributed by atoms with Crippen LogP contribution in [0.2, 0.25) is 0 Å². The third-order valence-corrected chi connectivity index (χ3v) is 4.76. The van der Waals surface area contributed by atoms with Crippen molar-refractivity contribution in [3.8, 4) is 0 Å². The smallest absolute Gasteiger partial charge is 0.352 e. The van der Waals surface area contributed by atoms with E-state index in [1.165, 1.54) is 0 Å². The summed E-state index contributed by atoms with van der Waals surface area (Å²) in [4.78, 5) is 12.4. The average Bonchev–Trinajstić information content (AvgIpc) is 2.39. The van der Waals surface area contributed by atoms with Crippen LogP contribution in [0.15, 0.2) is 0 Å². The summed E-state index contributed by atoms with van der Waals surface area (Å²) < 4.78 is 39.1. The zero-order chi connectivity index (χ0) is 14.8. The Kier molecular flexibility index (Phi) is 4.62. The molecule has 1 heterocycles. The van der Waals surface area contributed by atoms with E-state index in [1.807, 2.05) is 6.92 Å². The Hall–Kier alpha value is -0.780. The van der Waals surface area contributed by atoms with Crippen molar-refractivity contribution in [2.24, 2.45) is 11.3 Å². The summed E-state index contributed by atoms with van der Waals surface area (Å²) in [5, 5.41) is 5.87. The van der Waals surface area contributed by atoms with Crippen LogP contribution in [0.25, 0.3) is 0 Å². The first kappa shape index (κ1) is 15.6. The van der Waals surface area contributed by atoms with Gasteiger partial charge in [-0.2, -0.15) is 13.2 Å². The molecule has 0 radical (unpaired) electrons. The summed E-state index contributed by atoms with van der Waals surface area (Å²) in [6.07, 6.45) is -0.928. The third kappa shape index (κ3) is 3.45. The van der Waals surface area contributed by atoms with E-state index in [2.05, 4.69) is 10.6 Å². The SMILES string of the molecule is CC1(C(=O)NC2CCCCC2C(F)(F)F)CCNCC1. The molecule has 0 spiro atoms. The fourth-order valence-electron chi connectivity index (χ4n) is 3.24. The number of nitrogens with one attached hydrogen (secondary N) is 2. The molecule has 1 saturated heterocycles. The monoisotopic (exact) mass is 292 g/mol. The summed E-state index contributed by atoms with van der Waals surface area (Å²) >= 11 is 0. The number of alkyl halides is 3. The van der Waals surface area contributed by atoms with Crippen molar-refractivity contribution in [2.45, 2.75) is 57.7 Å². The van der Waals surface area contributed by atoms with Crippen molar-refractivity contribution in [3.63, 3.8) is 0 Å². The fraction of sp³-hybridized carbons (Fsp3) is 0.929. The highest BCUT2D eigenvalue weighted by molar-refractivity contribution is 5.82. The molecule has 1 aliphatic carbocycles. The average molecular weight is 292 g/mol. The second-order valence-electron chi connectivity index (χ2n) is 6.32. The van der Waals surface area contributed by atoms with Gasteiger partial charge in [0.25, 0.3) is 0 Å². The Balaban J connectivity index is 2.01. The van der Waals surface area contributed by atoms with Gasteiger partial charge in [-0.3, -0.25) is 4.79 Å². The van der Waals surface area contributed by atoms with Crippen molar-refractivity contribution in [2.75, 3.05) is 13.1 Å². The largest absolute Gasteiger partial charge is 0.393 e. The predicted molar refractivity (Wildman–Crippen MR) is 70.2 cm³/mol. The highest BCUT2D eigenvalue weighted by Crippen LogP contribution is 2.38. The van der Waals surface area contributed by atoms with Gasteiger partial charge in [-0.1, -0.05) is 19.8 Å². The molecule has 1 amide bonds. The first-order chi connectivity index (χ1) is 9.33. The van der Waals surface area contributed by atoms with Gasteiger partial charge in [0.05, 0.1) is 5.92 Å². The minimum Gasteiger partial charge on any atom is -0.352 e. The van der Waals surface area contributed by atoms with Crippen molar-refractivity contribution in [1.82, 2.24) is 10.6 Å². The molecule has 2 fully saturated rings. The van der Waals surface area contributed by atoms with Gasteiger partial charge in [0.1, 0.15) is 0 Å². The zero-order valence-corrected chi connectivity index (χ0v) is 11.9. The van der Waals surface area contributed by atoms with Crippen LogP contribution in [-0.2, 0) is 4.79 Å². The second-order valence-corrected chi connectivity index (χ2v) is 6.32. The van der Waals surface area contributed by atoms with Gasteiger partial charge in [0.2, 0.25) is 5.91 Å². The first-order valence-electron chi connectivity index (χ1n) is 7.41. The molecule has 0 bridgehead atoms. The van der Waals surface area contributed by atoms with E-state index in [-0.39, 0.29) is 12.3 Å². The lowest BCUT2D eigenvalue weighted by Crippen LogP contribution is -2.53. The lowest BCUT2D eigenvalue weighted by atomic mass is 9.78. The van der Waals surface area contributed by atoms with Crippen LogP contribution in [-0.4, -0.2) is 31.2 Å². The molecule has 2 atom stereocenters. The van der Waals surface area contributed by atoms with Crippen molar-refractivity contribution >= 4 is 5.91 Å². The Bertz CT molecular complexity index is 351. The molecular weight excluding hydrogens is 269 g/mol. The van der Waals surface area contributed by atoms with Crippen LogP contribution >= 0.6 is 0 Å². The highest BCUT2D eigenvalue weighted by atomic mass is 19.4. The maximum Gasteiger partial charge on any atom is 0.393 e. The molecule has 6 heteroatoms. The van der Waals surface area contributed by atoms with E-state index in [0.717, 1.165) is 19.5 Å². The summed E-state index contributed by atoms with van der Waals surface area (Å²) in [5.41, 5.74) is -0.529. The molecule has 2 rings (SSSR count). The molecule has 0 aromatic heterocycles. The van der Waals surface area contributed by atoms with Gasteiger partial charge < -0.3 is 10.6 Å². The molecule has 2 aliphatic rings. The maximum atomic E-state index is 13.0. The van der Waals surface area contributed by atoms with Crippen LogP contribution in [0.3, 0.4) is 0 Å². The van der Waals surface area contributed by atoms with Gasteiger partial charge in [0.15, 0.2) is 0 Å². The molecule has 3 nitrogen and oxygen atoms in total. The number of rotatable bonds is 2. The number of carbonyl (C=O) groups excluding carboxylic acids is 1. The van der Waals surface area contributed by atoms with E-state index in [4.69, 9.17) is 0 Å². The number of amides is 1. The number of hydrogen-bond acceptors (Lipinski definition) is 2. The Morgan fingerprint density at radius 3 is 2.40 bits per heavy atom. The summed E-state index contributed by atoms with van der Waals surface area (Å²) in [7, 11) is 0. The van der Waals surface area contributed by atoms with Crippen molar-refractivity contribution in [3.05, 3.63) is 0 Å². The molecule has 20 heavy (non-hydrogen) atoms. The van der Waals surface area contributed by atoms with Crippen LogP contribution in [0.1, 0.15) is 45.4 Å². The fourth-order valence-corrected chi connectivity index (χ4v) is 3.24. The molecule has 1 aliphatic heterocycles. The number of halogens is 3. The van der Waals surface area contributed by atoms with E-state index in [1.54, 1.807) is 0 Å². The third-order valence-electron chi connectivity index (χ3n) is 4.76. The highest BCUT2D eigenvalue weighted by Gasteiger charge is 2.47. The number of hydrogen-bond donors (Lipinski definition) is 2. The normalized spacial score (nSPS) is 30.8. The first-order valence-corrected chi connectivity index (χ1v) is 7.41. The number of carbonyl (C=O) groups is 1. The standard InChI is InChI=1S/C14H23F3N2O/c1-13(6-8-18-9-7-13)12(20)19-11-5-3-2-4-10(11)14(15,16)17/h10-11,18H,2-9H2,1H3,(H,19,20). The van der Waals surface area contributed by atoms with Gasteiger partial charge in [0, 0.05) is 11.5 Å². The zero-order valence-electron chi connectivity index (χ0n) is 11.9. The van der Waals surface area contributed by atoms with Crippen molar-refractivity contribution in [1.29, 1.82) is 0 Å². The topological polar surface area (TPSA) is 41.1 Å². The lowest BCUT2D eigenvalue weighted by molar-refractivity contribution is -0.189. The summed E-state index contributed by atoms with van der Waals surface area (Å²) in [6.45, 7) is 3.35. The number of piperidine rings is 1. The van der Waals surface area contributed by atoms with Crippen molar-refractivity contribution < 1.29 is 18.0 Å². The van der Waals surface area contributed by atoms with Gasteiger partial charge in [-0.05, 0) is 38.8 Å². The van der Waals surface area contributed by atoms with E-state index in [0.29, 0.717) is 25.7 Å². The second kappa shape index (κ2) is 5.92. The van der Waals surface area contributed by atoms with Crippen LogP contribution in [0.4, 0.5) is 13.2 Å². The molecule has 0 aromatic rings. The van der Waals surface area contributed by atoms with E-state index >= 15 is 0 Å². The van der Waals surface area contributed by atoms with E-state index in [9.17, 15) is 18.0 Å². The quantitative estimate of drug-likeness (QED) is 0.821. The molecule has 116 valence electrons. The Labute approximate surface area is 117 Å². The Morgan fingerprint density at radius 2 is 1.80 bits per heavy atom. The summed E-state index contributed by atoms with van der Waals surface area (Å²) in [5.74, 6) is -1.59. The van der Waals surface area contributed by atoms with Gasteiger partial charge in [-0.15, -0.1) is 0 Å². The molecule has 1 saturated carbocycles. The van der Waals surface area contributed by atoms with Crippen LogP contribution in [0, 0.1) is 11.3 Å². The van der Waals surface area contributed by atoms with E-state index < -0.39 is 23.6 Å². The van der Waals surface area contributed by atoms with Crippen LogP contribution in [0.5, 0.6) is 0 Å². The summed E-state index contributed by atoms with van der Waals surface area (Å²) in [6, 6.07) is -0.747. The molecular formula is C14H23F3N2O. The minimum atomic E-state index is -4.21.